The first kappa shape index (κ1) is 19.6. The van der Waals surface area contributed by atoms with Crippen molar-refractivity contribution in [3.05, 3.63) is 53.6 Å². The number of carbonyl (C=O) groups is 3. The van der Waals surface area contributed by atoms with E-state index < -0.39 is 11.6 Å². The zero-order chi connectivity index (χ0) is 19.3. The molecule has 136 valence electrons. The number of ketones is 1. The lowest BCUT2D eigenvalue weighted by atomic mass is 10.1. The molecule has 0 bridgehead atoms. The Morgan fingerprint density at radius 3 is 2.31 bits per heavy atom. The van der Waals surface area contributed by atoms with Crippen LogP contribution in [-0.4, -0.2) is 23.4 Å². The Morgan fingerprint density at radius 2 is 1.65 bits per heavy atom. The van der Waals surface area contributed by atoms with Gasteiger partial charge in [0.15, 0.2) is 5.78 Å². The van der Waals surface area contributed by atoms with E-state index in [2.05, 4.69) is 10.6 Å². The second kappa shape index (κ2) is 8.57. The van der Waals surface area contributed by atoms with E-state index in [1.165, 1.54) is 32.0 Å². The molecule has 5 nitrogen and oxygen atoms in total. The van der Waals surface area contributed by atoms with Crippen LogP contribution in [0.2, 0.25) is 0 Å². The fourth-order valence-electron chi connectivity index (χ4n) is 2.17. The first-order chi connectivity index (χ1) is 12.3. The molecule has 0 atom stereocenters. The summed E-state index contributed by atoms with van der Waals surface area (Å²) >= 11 is 0.860. The molecule has 2 rings (SSSR count). The topological polar surface area (TPSA) is 75.3 Å². The fourth-order valence-corrected chi connectivity index (χ4v) is 3.01. The van der Waals surface area contributed by atoms with Crippen LogP contribution in [0.3, 0.4) is 0 Å². The molecule has 0 saturated heterocycles. The number of thioether (sulfide) groups is 1. The SMILES string of the molecule is CC(=O)Nc1ccc(C(=O)CSc2cc(F)ccc2F)c(NC(C)=O)c1. The summed E-state index contributed by atoms with van der Waals surface area (Å²) in [5, 5.41) is 5.09. The Labute approximate surface area is 153 Å². The van der Waals surface area contributed by atoms with Crippen molar-refractivity contribution in [2.24, 2.45) is 0 Å². The van der Waals surface area contributed by atoms with Crippen molar-refractivity contribution in [2.45, 2.75) is 18.7 Å². The molecule has 26 heavy (non-hydrogen) atoms. The number of hydrogen-bond acceptors (Lipinski definition) is 4. The Morgan fingerprint density at radius 1 is 0.962 bits per heavy atom. The van der Waals surface area contributed by atoms with Crippen LogP contribution in [0.4, 0.5) is 20.2 Å². The molecule has 2 amide bonds. The van der Waals surface area contributed by atoms with Crippen LogP contribution < -0.4 is 10.6 Å². The van der Waals surface area contributed by atoms with Crippen LogP contribution in [-0.2, 0) is 9.59 Å². The normalized spacial score (nSPS) is 10.3. The highest BCUT2D eigenvalue weighted by Crippen LogP contribution is 2.27. The van der Waals surface area contributed by atoms with Crippen molar-refractivity contribution >= 4 is 40.7 Å². The van der Waals surface area contributed by atoms with Gasteiger partial charge in [-0.1, -0.05) is 0 Å². The third kappa shape index (κ3) is 5.38. The van der Waals surface area contributed by atoms with Crippen molar-refractivity contribution in [1.82, 2.24) is 0 Å². The molecule has 0 radical (unpaired) electrons. The second-order valence-corrected chi connectivity index (χ2v) is 6.43. The lowest BCUT2D eigenvalue weighted by Gasteiger charge is -2.12. The fraction of sp³-hybridized carbons (Fsp3) is 0.167. The summed E-state index contributed by atoms with van der Waals surface area (Å²) in [7, 11) is 0. The zero-order valence-corrected chi connectivity index (χ0v) is 14.9. The quantitative estimate of drug-likeness (QED) is 0.591. The van der Waals surface area contributed by atoms with Gasteiger partial charge in [-0.2, -0.15) is 0 Å². The van der Waals surface area contributed by atoms with Gasteiger partial charge in [0.05, 0.1) is 11.4 Å². The molecule has 0 unspecified atom stereocenters. The van der Waals surface area contributed by atoms with Crippen molar-refractivity contribution in [3.63, 3.8) is 0 Å². The summed E-state index contributed by atoms with van der Waals surface area (Å²) < 4.78 is 26.9. The summed E-state index contributed by atoms with van der Waals surface area (Å²) in [6.45, 7) is 2.62. The molecule has 0 saturated carbocycles. The van der Waals surface area contributed by atoms with Gasteiger partial charge >= 0.3 is 0 Å². The number of Topliss-reactive ketones (excluding diaryl/α,β-unsaturated/α-hetero) is 1. The molecule has 8 heteroatoms. The molecular weight excluding hydrogens is 362 g/mol. The van der Waals surface area contributed by atoms with Gasteiger partial charge in [0.1, 0.15) is 11.6 Å². The molecular formula is C18H16F2N2O3S. The van der Waals surface area contributed by atoms with Gasteiger partial charge in [-0.25, -0.2) is 8.78 Å². The van der Waals surface area contributed by atoms with E-state index >= 15 is 0 Å². The minimum absolute atomic E-state index is 0.0225. The number of halogens is 2. The molecule has 0 aromatic heterocycles. The third-order valence-corrected chi connectivity index (χ3v) is 4.23. The maximum absolute atomic E-state index is 13.7. The standard InChI is InChI=1S/C18H16F2N2O3S/c1-10(23)21-13-4-5-14(16(8-13)22-11(2)24)17(25)9-26-18-7-12(19)3-6-15(18)20/h3-8H,9H2,1-2H3,(H,21,23)(H,22,24). The van der Waals surface area contributed by atoms with E-state index in [4.69, 9.17) is 0 Å². The Balaban J connectivity index is 2.22. The average molecular weight is 378 g/mol. The first-order valence-electron chi connectivity index (χ1n) is 7.56. The van der Waals surface area contributed by atoms with E-state index in [0.29, 0.717) is 5.69 Å². The Kier molecular flexibility index (Phi) is 6.46. The van der Waals surface area contributed by atoms with Crippen molar-refractivity contribution in [1.29, 1.82) is 0 Å². The smallest absolute Gasteiger partial charge is 0.221 e. The predicted octanol–water partition coefficient (Wildman–Crippen LogP) is 3.86. The third-order valence-electron chi connectivity index (χ3n) is 3.20. The Bertz CT molecular complexity index is 872. The van der Waals surface area contributed by atoms with Crippen molar-refractivity contribution in [2.75, 3.05) is 16.4 Å². The molecule has 2 N–H and O–H groups in total. The maximum atomic E-state index is 13.7. The van der Waals surface area contributed by atoms with E-state index in [9.17, 15) is 23.2 Å². The first-order valence-corrected chi connectivity index (χ1v) is 8.55. The van der Waals surface area contributed by atoms with Gasteiger partial charge in [-0.05, 0) is 36.4 Å². The molecule has 0 heterocycles. The van der Waals surface area contributed by atoms with Crippen LogP contribution >= 0.6 is 11.8 Å². The van der Waals surface area contributed by atoms with Crippen LogP contribution in [0.25, 0.3) is 0 Å². The van der Waals surface area contributed by atoms with Crippen molar-refractivity contribution in [3.8, 4) is 0 Å². The van der Waals surface area contributed by atoms with E-state index in [1.54, 1.807) is 0 Å². The zero-order valence-electron chi connectivity index (χ0n) is 14.1. The van der Waals surface area contributed by atoms with Crippen molar-refractivity contribution < 1.29 is 23.2 Å². The minimum atomic E-state index is -0.618. The second-order valence-electron chi connectivity index (χ2n) is 5.41. The highest BCUT2D eigenvalue weighted by molar-refractivity contribution is 8.00. The van der Waals surface area contributed by atoms with E-state index in [1.807, 2.05) is 0 Å². The van der Waals surface area contributed by atoms with Gasteiger partial charge in [0.25, 0.3) is 0 Å². The Hall–Kier alpha value is -2.74. The molecule has 0 spiro atoms. The number of anilines is 2. The maximum Gasteiger partial charge on any atom is 0.221 e. The number of hydrogen-bond donors (Lipinski definition) is 2. The minimum Gasteiger partial charge on any atom is -0.326 e. The van der Waals surface area contributed by atoms with Crippen LogP contribution in [0.15, 0.2) is 41.3 Å². The van der Waals surface area contributed by atoms with Gasteiger partial charge in [0.2, 0.25) is 11.8 Å². The number of rotatable bonds is 6. The van der Waals surface area contributed by atoms with Gasteiger partial charge in [0, 0.05) is 30.0 Å². The van der Waals surface area contributed by atoms with E-state index in [-0.39, 0.29) is 39.5 Å². The highest BCUT2D eigenvalue weighted by Gasteiger charge is 2.15. The van der Waals surface area contributed by atoms with Gasteiger partial charge < -0.3 is 10.6 Å². The summed E-state index contributed by atoms with van der Waals surface area (Å²) in [5.74, 6) is -2.42. The average Bonchev–Trinajstić information content (AvgIpc) is 2.54. The van der Waals surface area contributed by atoms with Crippen LogP contribution in [0, 0.1) is 11.6 Å². The molecule has 0 fully saturated rings. The highest BCUT2D eigenvalue weighted by atomic mass is 32.2. The summed E-state index contributed by atoms with van der Waals surface area (Å²) in [4.78, 5) is 35.0. The number of carbonyl (C=O) groups excluding carboxylic acids is 3. The predicted molar refractivity (Wildman–Crippen MR) is 96.5 cm³/mol. The van der Waals surface area contributed by atoms with Gasteiger partial charge in [-0.15, -0.1) is 11.8 Å². The van der Waals surface area contributed by atoms with Crippen LogP contribution in [0.1, 0.15) is 24.2 Å². The number of nitrogens with one attached hydrogen (secondary N) is 2. The summed E-state index contributed by atoms with van der Waals surface area (Å²) in [6, 6.07) is 7.45. The van der Waals surface area contributed by atoms with Crippen LogP contribution in [0.5, 0.6) is 0 Å². The summed E-state index contributed by atoms with van der Waals surface area (Å²) in [6.07, 6.45) is 0. The molecule has 0 aliphatic rings. The van der Waals surface area contributed by atoms with Gasteiger partial charge in [-0.3, -0.25) is 14.4 Å². The molecule has 0 aliphatic heterocycles. The number of benzene rings is 2. The number of amides is 2. The molecule has 2 aromatic rings. The van der Waals surface area contributed by atoms with E-state index in [0.717, 1.165) is 30.0 Å². The molecule has 2 aromatic carbocycles. The lowest BCUT2D eigenvalue weighted by Crippen LogP contribution is -2.14. The monoisotopic (exact) mass is 378 g/mol. The largest absolute Gasteiger partial charge is 0.326 e. The molecule has 0 aliphatic carbocycles. The lowest BCUT2D eigenvalue weighted by molar-refractivity contribution is -0.115. The summed E-state index contributed by atoms with van der Waals surface area (Å²) in [5.41, 5.74) is 0.856.